The van der Waals surface area contributed by atoms with E-state index in [1.54, 1.807) is 35.0 Å². The molecule has 30 heavy (non-hydrogen) atoms. The third-order valence-corrected chi connectivity index (χ3v) is 7.38. The Labute approximate surface area is 177 Å². The van der Waals surface area contributed by atoms with E-state index in [0.717, 1.165) is 10.6 Å². The third-order valence-electron chi connectivity index (χ3n) is 4.74. The number of hydrogen-bond acceptors (Lipinski definition) is 6. The molecule has 3 aromatic rings. The summed E-state index contributed by atoms with van der Waals surface area (Å²) in [5.41, 5.74) is 2.01. The highest BCUT2D eigenvalue weighted by atomic mass is 32.2. The number of rotatable bonds is 5. The minimum atomic E-state index is -3.10. The number of nitrogens with one attached hydrogen (secondary N) is 2. The van der Waals surface area contributed by atoms with Crippen molar-refractivity contribution in [2.75, 3.05) is 22.1 Å². The predicted octanol–water partition coefficient (Wildman–Crippen LogP) is 3.18. The molecule has 0 saturated carbocycles. The number of nitrogens with zero attached hydrogens (tertiary/aromatic N) is 2. The van der Waals surface area contributed by atoms with Crippen LogP contribution in [0.15, 0.2) is 47.8 Å². The lowest BCUT2D eigenvalue weighted by Gasteiger charge is -2.12. The standard InChI is InChI=1S/C20H20N4O4S2/c1-13(25)21-14-4-2-5-15(10-14)22-20(26)17-11-18(19-6-3-8-29-19)24(23-17)16-7-9-30(27,28)12-16/h2-6,8,10-11,16H,7,9,12H2,1H3,(H,21,25)(H,22,26). The van der Waals surface area contributed by atoms with Gasteiger partial charge in [-0.25, -0.2) is 8.42 Å². The molecule has 1 aliphatic heterocycles. The molecule has 0 spiro atoms. The minimum absolute atomic E-state index is 0.0207. The van der Waals surface area contributed by atoms with Crippen molar-refractivity contribution in [1.82, 2.24) is 9.78 Å². The fraction of sp³-hybridized carbons (Fsp3) is 0.250. The summed E-state index contributed by atoms with van der Waals surface area (Å²) in [7, 11) is -3.10. The van der Waals surface area contributed by atoms with E-state index in [9.17, 15) is 18.0 Å². The maximum absolute atomic E-state index is 12.8. The van der Waals surface area contributed by atoms with E-state index in [-0.39, 0.29) is 29.1 Å². The molecule has 1 unspecified atom stereocenters. The highest BCUT2D eigenvalue weighted by Crippen LogP contribution is 2.32. The summed E-state index contributed by atoms with van der Waals surface area (Å²) >= 11 is 1.50. The number of amides is 2. The van der Waals surface area contributed by atoms with Gasteiger partial charge in [0.2, 0.25) is 5.91 Å². The maximum Gasteiger partial charge on any atom is 0.276 e. The number of carbonyl (C=O) groups is 2. The normalized spacial score (nSPS) is 17.6. The van der Waals surface area contributed by atoms with Crippen molar-refractivity contribution in [1.29, 1.82) is 0 Å². The SMILES string of the molecule is CC(=O)Nc1cccc(NC(=O)c2cc(-c3cccs3)n(C3CCS(=O)(=O)C3)n2)c1. The van der Waals surface area contributed by atoms with Gasteiger partial charge in [-0.1, -0.05) is 12.1 Å². The second-order valence-corrected chi connectivity index (χ2v) is 10.3. The van der Waals surface area contributed by atoms with Crippen molar-refractivity contribution in [2.45, 2.75) is 19.4 Å². The Bertz CT molecular complexity index is 1200. The second kappa shape index (κ2) is 8.04. The first-order chi connectivity index (χ1) is 14.3. The van der Waals surface area contributed by atoms with Crippen LogP contribution in [0, 0.1) is 0 Å². The van der Waals surface area contributed by atoms with Crippen LogP contribution in [0.5, 0.6) is 0 Å². The maximum atomic E-state index is 12.8. The van der Waals surface area contributed by atoms with Crippen LogP contribution < -0.4 is 10.6 Å². The van der Waals surface area contributed by atoms with Crippen LogP contribution in [0.2, 0.25) is 0 Å². The van der Waals surface area contributed by atoms with Gasteiger partial charge in [-0.3, -0.25) is 14.3 Å². The van der Waals surface area contributed by atoms with Crippen molar-refractivity contribution < 1.29 is 18.0 Å². The number of benzene rings is 1. The van der Waals surface area contributed by atoms with Crippen molar-refractivity contribution in [3.8, 4) is 10.6 Å². The molecule has 1 atom stereocenters. The number of anilines is 2. The summed E-state index contributed by atoms with van der Waals surface area (Å²) in [6, 6.07) is 12.0. The Kier molecular flexibility index (Phi) is 5.44. The van der Waals surface area contributed by atoms with E-state index in [0.29, 0.717) is 17.8 Å². The summed E-state index contributed by atoms with van der Waals surface area (Å²) in [5.74, 6) is -0.470. The quantitative estimate of drug-likeness (QED) is 0.628. The van der Waals surface area contributed by atoms with Crippen LogP contribution in [0.1, 0.15) is 29.9 Å². The van der Waals surface area contributed by atoms with Gasteiger partial charge in [-0.05, 0) is 42.1 Å². The zero-order valence-electron chi connectivity index (χ0n) is 16.2. The van der Waals surface area contributed by atoms with Crippen molar-refractivity contribution >= 4 is 44.4 Å². The van der Waals surface area contributed by atoms with E-state index in [1.165, 1.54) is 18.3 Å². The molecule has 1 aromatic carbocycles. The Morgan fingerprint density at radius 1 is 1.13 bits per heavy atom. The van der Waals surface area contributed by atoms with Gasteiger partial charge in [0, 0.05) is 18.3 Å². The molecule has 8 nitrogen and oxygen atoms in total. The molecule has 2 amide bonds. The molecule has 2 N–H and O–H groups in total. The van der Waals surface area contributed by atoms with Crippen LogP contribution in [0.4, 0.5) is 11.4 Å². The monoisotopic (exact) mass is 444 g/mol. The van der Waals surface area contributed by atoms with Crippen LogP contribution in [-0.2, 0) is 14.6 Å². The summed E-state index contributed by atoms with van der Waals surface area (Å²) in [6.07, 6.45) is 0.474. The summed E-state index contributed by atoms with van der Waals surface area (Å²) in [5, 5.41) is 11.8. The average Bonchev–Trinajstić information content (AvgIpc) is 3.39. The molecule has 1 aliphatic rings. The number of carbonyl (C=O) groups excluding carboxylic acids is 2. The molecule has 0 radical (unpaired) electrons. The van der Waals surface area contributed by atoms with E-state index < -0.39 is 15.7 Å². The second-order valence-electron chi connectivity index (χ2n) is 7.11. The van der Waals surface area contributed by atoms with E-state index >= 15 is 0 Å². The van der Waals surface area contributed by atoms with Crippen LogP contribution in [-0.4, -0.2) is 41.5 Å². The van der Waals surface area contributed by atoms with Gasteiger partial charge in [-0.2, -0.15) is 5.10 Å². The number of aromatic nitrogens is 2. The first kappa shape index (κ1) is 20.3. The van der Waals surface area contributed by atoms with Crippen LogP contribution in [0.25, 0.3) is 10.6 Å². The Morgan fingerprint density at radius 3 is 2.53 bits per heavy atom. The van der Waals surface area contributed by atoms with Gasteiger partial charge in [0.15, 0.2) is 15.5 Å². The first-order valence-corrected chi connectivity index (χ1v) is 12.0. The minimum Gasteiger partial charge on any atom is -0.326 e. The summed E-state index contributed by atoms with van der Waals surface area (Å²) < 4.78 is 25.6. The Balaban J connectivity index is 1.62. The van der Waals surface area contributed by atoms with Gasteiger partial charge in [-0.15, -0.1) is 11.3 Å². The molecule has 4 rings (SSSR count). The van der Waals surface area contributed by atoms with Gasteiger partial charge in [0.1, 0.15) is 0 Å². The summed E-state index contributed by atoms with van der Waals surface area (Å²) in [6.45, 7) is 1.41. The Morgan fingerprint density at radius 2 is 1.90 bits per heavy atom. The summed E-state index contributed by atoms with van der Waals surface area (Å²) in [4.78, 5) is 25.0. The average molecular weight is 445 g/mol. The molecule has 2 aromatic heterocycles. The number of hydrogen-bond donors (Lipinski definition) is 2. The van der Waals surface area contributed by atoms with Crippen molar-refractivity contribution in [3.05, 3.63) is 53.5 Å². The van der Waals surface area contributed by atoms with Crippen molar-refractivity contribution in [2.24, 2.45) is 0 Å². The fourth-order valence-electron chi connectivity index (χ4n) is 3.43. The topological polar surface area (TPSA) is 110 Å². The molecule has 1 saturated heterocycles. The molecule has 156 valence electrons. The molecular weight excluding hydrogens is 424 g/mol. The van der Waals surface area contributed by atoms with Crippen LogP contribution >= 0.6 is 11.3 Å². The lowest BCUT2D eigenvalue weighted by Crippen LogP contribution is -2.16. The predicted molar refractivity (Wildman–Crippen MR) is 117 cm³/mol. The fourth-order valence-corrected chi connectivity index (χ4v) is 5.86. The first-order valence-electron chi connectivity index (χ1n) is 9.33. The molecule has 10 heteroatoms. The molecule has 3 heterocycles. The third kappa shape index (κ3) is 4.44. The van der Waals surface area contributed by atoms with Crippen molar-refractivity contribution in [3.63, 3.8) is 0 Å². The lowest BCUT2D eigenvalue weighted by molar-refractivity contribution is -0.114. The van der Waals surface area contributed by atoms with Gasteiger partial charge < -0.3 is 10.6 Å². The zero-order valence-corrected chi connectivity index (χ0v) is 17.8. The van der Waals surface area contributed by atoms with Gasteiger partial charge in [0.25, 0.3) is 5.91 Å². The van der Waals surface area contributed by atoms with E-state index in [2.05, 4.69) is 15.7 Å². The van der Waals surface area contributed by atoms with E-state index in [4.69, 9.17) is 0 Å². The highest BCUT2D eigenvalue weighted by molar-refractivity contribution is 7.91. The lowest BCUT2D eigenvalue weighted by atomic mass is 10.2. The number of thiophene rings is 1. The van der Waals surface area contributed by atoms with Gasteiger partial charge in [0.05, 0.1) is 28.1 Å². The molecular formula is C20H20N4O4S2. The van der Waals surface area contributed by atoms with E-state index in [1.807, 2.05) is 17.5 Å². The highest BCUT2D eigenvalue weighted by Gasteiger charge is 2.32. The van der Waals surface area contributed by atoms with Crippen LogP contribution in [0.3, 0.4) is 0 Å². The zero-order chi connectivity index (χ0) is 21.3. The largest absolute Gasteiger partial charge is 0.326 e. The molecule has 1 fully saturated rings. The molecule has 0 bridgehead atoms. The number of sulfone groups is 1. The smallest absolute Gasteiger partial charge is 0.276 e. The van der Waals surface area contributed by atoms with Gasteiger partial charge >= 0.3 is 0 Å². The molecule has 0 aliphatic carbocycles. The Hall–Kier alpha value is -2.98.